The van der Waals surface area contributed by atoms with Gasteiger partial charge in [0, 0.05) is 24.1 Å². The van der Waals surface area contributed by atoms with E-state index in [2.05, 4.69) is 4.98 Å². The lowest BCUT2D eigenvalue weighted by Crippen LogP contribution is -2.13. The molecule has 90 valence electrons. The van der Waals surface area contributed by atoms with Gasteiger partial charge in [-0.2, -0.15) is 0 Å². The molecule has 0 saturated heterocycles. The third-order valence-electron chi connectivity index (χ3n) is 3.47. The number of Topliss-reactive ketones (excluding diaryl/α,β-unsaturated/α-hetero) is 2. The van der Waals surface area contributed by atoms with E-state index in [1.807, 2.05) is 30.3 Å². The second-order valence-electron chi connectivity index (χ2n) is 4.73. The Morgan fingerprint density at radius 2 is 2.00 bits per heavy atom. The smallest absolute Gasteiger partial charge is 0.184 e. The number of hydrogen-bond donors (Lipinski definition) is 0. The Morgan fingerprint density at radius 3 is 2.78 bits per heavy atom. The van der Waals surface area contributed by atoms with Gasteiger partial charge < -0.3 is 0 Å². The van der Waals surface area contributed by atoms with E-state index in [1.54, 1.807) is 6.07 Å². The Hall–Kier alpha value is -2.03. The van der Waals surface area contributed by atoms with Crippen molar-refractivity contribution < 1.29 is 9.59 Å². The average Bonchev–Trinajstić information content (AvgIpc) is 2.84. The Labute approximate surface area is 105 Å². The van der Waals surface area contributed by atoms with Crippen LogP contribution < -0.4 is 0 Å². The molecule has 1 saturated carbocycles. The third-order valence-corrected chi connectivity index (χ3v) is 3.47. The zero-order chi connectivity index (χ0) is 12.5. The van der Waals surface area contributed by atoms with E-state index in [-0.39, 0.29) is 17.5 Å². The van der Waals surface area contributed by atoms with E-state index in [4.69, 9.17) is 0 Å². The van der Waals surface area contributed by atoms with Crippen LogP contribution >= 0.6 is 0 Å². The molecular weight excluding hydrogens is 226 g/mol. The standard InChI is InChI=1S/C15H13NO2/c17-12-7-5-11(9-12)15(18)14-8-6-10-3-1-2-4-13(10)16-14/h1-4,6,8,11H,5,7,9H2. The van der Waals surface area contributed by atoms with Gasteiger partial charge in [0.25, 0.3) is 0 Å². The summed E-state index contributed by atoms with van der Waals surface area (Å²) < 4.78 is 0. The maximum atomic E-state index is 12.2. The number of para-hydroxylation sites is 1. The molecule has 1 aromatic carbocycles. The number of carbonyl (C=O) groups excluding carboxylic acids is 2. The van der Waals surface area contributed by atoms with E-state index in [9.17, 15) is 9.59 Å². The van der Waals surface area contributed by atoms with Gasteiger partial charge in [0.1, 0.15) is 11.5 Å². The number of benzene rings is 1. The van der Waals surface area contributed by atoms with Crippen LogP contribution in [0.4, 0.5) is 0 Å². The molecule has 1 atom stereocenters. The first kappa shape index (κ1) is 11.1. The lowest BCUT2D eigenvalue weighted by molar-refractivity contribution is -0.117. The molecule has 18 heavy (non-hydrogen) atoms. The molecule has 0 amide bonds. The molecule has 0 spiro atoms. The van der Waals surface area contributed by atoms with Crippen LogP contribution in [-0.4, -0.2) is 16.6 Å². The lowest BCUT2D eigenvalue weighted by atomic mass is 9.99. The molecule has 3 nitrogen and oxygen atoms in total. The van der Waals surface area contributed by atoms with E-state index in [0.717, 1.165) is 10.9 Å². The van der Waals surface area contributed by atoms with Crippen LogP contribution in [0.3, 0.4) is 0 Å². The van der Waals surface area contributed by atoms with Crippen LogP contribution in [-0.2, 0) is 4.79 Å². The van der Waals surface area contributed by atoms with Gasteiger partial charge in [-0.1, -0.05) is 24.3 Å². The Bertz CT molecular complexity index is 633. The molecule has 1 aromatic heterocycles. The van der Waals surface area contributed by atoms with Crippen molar-refractivity contribution in [2.24, 2.45) is 5.92 Å². The predicted molar refractivity (Wildman–Crippen MR) is 68.4 cm³/mol. The number of pyridine rings is 1. The first-order chi connectivity index (χ1) is 8.74. The number of fused-ring (bicyclic) bond motifs is 1. The normalized spacial score (nSPS) is 19.3. The van der Waals surface area contributed by atoms with E-state index in [1.165, 1.54) is 0 Å². The number of carbonyl (C=O) groups is 2. The Balaban J connectivity index is 1.94. The molecule has 1 aliphatic rings. The summed E-state index contributed by atoms with van der Waals surface area (Å²) in [4.78, 5) is 27.8. The summed E-state index contributed by atoms with van der Waals surface area (Å²) in [5.74, 6) is 0.0342. The number of ketones is 2. The van der Waals surface area contributed by atoms with Gasteiger partial charge in [0.2, 0.25) is 0 Å². The van der Waals surface area contributed by atoms with Gasteiger partial charge in [0.15, 0.2) is 5.78 Å². The van der Waals surface area contributed by atoms with E-state index in [0.29, 0.717) is 25.0 Å². The van der Waals surface area contributed by atoms with Crippen molar-refractivity contribution in [2.75, 3.05) is 0 Å². The van der Waals surface area contributed by atoms with Crippen LogP contribution in [0.5, 0.6) is 0 Å². The SMILES string of the molecule is O=C1CCC(C(=O)c2ccc3ccccc3n2)C1. The van der Waals surface area contributed by atoms with Crippen molar-refractivity contribution in [3.05, 3.63) is 42.1 Å². The monoisotopic (exact) mass is 239 g/mol. The molecule has 0 bridgehead atoms. The molecule has 2 aromatic rings. The average molecular weight is 239 g/mol. The van der Waals surface area contributed by atoms with Crippen LogP contribution in [0.15, 0.2) is 36.4 Å². The topological polar surface area (TPSA) is 47.0 Å². The van der Waals surface area contributed by atoms with Crippen LogP contribution in [0.1, 0.15) is 29.8 Å². The lowest BCUT2D eigenvalue weighted by Gasteiger charge is -2.07. The molecule has 0 radical (unpaired) electrons. The molecule has 1 heterocycles. The van der Waals surface area contributed by atoms with Crippen molar-refractivity contribution in [2.45, 2.75) is 19.3 Å². The van der Waals surface area contributed by atoms with Gasteiger partial charge in [-0.15, -0.1) is 0 Å². The third kappa shape index (κ3) is 1.92. The Morgan fingerprint density at radius 1 is 1.17 bits per heavy atom. The van der Waals surface area contributed by atoms with Gasteiger partial charge in [-0.05, 0) is 18.6 Å². The van der Waals surface area contributed by atoms with E-state index >= 15 is 0 Å². The molecule has 3 rings (SSSR count). The summed E-state index contributed by atoms with van der Waals surface area (Å²) in [5, 5.41) is 1.02. The molecule has 0 N–H and O–H groups in total. The zero-order valence-electron chi connectivity index (χ0n) is 9.93. The fraction of sp³-hybridized carbons (Fsp3) is 0.267. The Kier molecular flexibility index (Phi) is 2.67. The van der Waals surface area contributed by atoms with Gasteiger partial charge in [-0.25, -0.2) is 4.98 Å². The highest BCUT2D eigenvalue weighted by Gasteiger charge is 2.29. The molecule has 1 unspecified atom stereocenters. The van der Waals surface area contributed by atoms with Gasteiger partial charge in [0.05, 0.1) is 5.52 Å². The predicted octanol–water partition coefficient (Wildman–Crippen LogP) is 2.79. The van der Waals surface area contributed by atoms with Crippen molar-refractivity contribution in [1.82, 2.24) is 4.98 Å². The zero-order valence-corrected chi connectivity index (χ0v) is 9.93. The first-order valence-electron chi connectivity index (χ1n) is 6.16. The summed E-state index contributed by atoms with van der Waals surface area (Å²) >= 11 is 0. The van der Waals surface area contributed by atoms with E-state index < -0.39 is 0 Å². The summed E-state index contributed by atoms with van der Waals surface area (Å²) in [5.41, 5.74) is 1.31. The molecule has 0 aliphatic heterocycles. The number of hydrogen-bond acceptors (Lipinski definition) is 3. The fourth-order valence-electron chi connectivity index (χ4n) is 2.45. The number of nitrogens with zero attached hydrogens (tertiary/aromatic N) is 1. The minimum Gasteiger partial charge on any atom is -0.300 e. The fourth-order valence-corrected chi connectivity index (χ4v) is 2.45. The highest BCUT2D eigenvalue weighted by atomic mass is 16.1. The maximum absolute atomic E-state index is 12.2. The number of rotatable bonds is 2. The molecule has 1 aliphatic carbocycles. The number of aromatic nitrogens is 1. The summed E-state index contributed by atoms with van der Waals surface area (Å²) in [7, 11) is 0. The quantitative estimate of drug-likeness (QED) is 0.757. The van der Waals surface area contributed by atoms with Crippen molar-refractivity contribution >= 4 is 22.5 Å². The second-order valence-corrected chi connectivity index (χ2v) is 4.73. The largest absolute Gasteiger partial charge is 0.300 e. The molecule has 1 fully saturated rings. The minimum absolute atomic E-state index is 0.00611. The minimum atomic E-state index is -0.161. The summed E-state index contributed by atoms with van der Waals surface area (Å²) in [6, 6.07) is 11.4. The van der Waals surface area contributed by atoms with Crippen LogP contribution in [0.2, 0.25) is 0 Å². The molecular formula is C15H13NO2. The maximum Gasteiger partial charge on any atom is 0.184 e. The highest BCUT2D eigenvalue weighted by Crippen LogP contribution is 2.25. The van der Waals surface area contributed by atoms with Crippen LogP contribution in [0, 0.1) is 5.92 Å². The van der Waals surface area contributed by atoms with Gasteiger partial charge in [-0.3, -0.25) is 9.59 Å². The second kappa shape index (κ2) is 4.33. The summed E-state index contributed by atoms with van der Waals surface area (Å²) in [6.45, 7) is 0. The summed E-state index contributed by atoms with van der Waals surface area (Å²) in [6.07, 6.45) is 1.59. The van der Waals surface area contributed by atoms with Crippen molar-refractivity contribution in [1.29, 1.82) is 0 Å². The van der Waals surface area contributed by atoms with Crippen molar-refractivity contribution in [3.8, 4) is 0 Å². The molecule has 3 heteroatoms. The first-order valence-corrected chi connectivity index (χ1v) is 6.16. The van der Waals surface area contributed by atoms with Crippen LogP contribution in [0.25, 0.3) is 10.9 Å². The van der Waals surface area contributed by atoms with Gasteiger partial charge >= 0.3 is 0 Å². The highest BCUT2D eigenvalue weighted by molar-refractivity contribution is 6.01. The van der Waals surface area contributed by atoms with Crippen molar-refractivity contribution in [3.63, 3.8) is 0 Å².